The summed E-state index contributed by atoms with van der Waals surface area (Å²) in [5.74, 6) is 0.277. The molecule has 1 aliphatic rings. The number of ether oxygens (including phenoxy) is 3. The zero-order chi connectivity index (χ0) is 18.2. The maximum atomic E-state index is 11.4. The molecule has 6 heteroatoms. The number of rotatable bonds is 8. The van der Waals surface area contributed by atoms with E-state index in [1.807, 2.05) is 36.4 Å². The first-order valence-corrected chi connectivity index (χ1v) is 8.89. The highest BCUT2D eigenvalue weighted by atomic mass is 16.7. The Kier molecular flexibility index (Phi) is 6.57. The van der Waals surface area contributed by atoms with Gasteiger partial charge in [-0.25, -0.2) is 0 Å². The van der Waals surface area contributed by atoms with Crippen molar-refractivity contribution in [3.05, 3.63) is 69.8 Å². The summed E-state index contributed by atoms with van der Waals surface area (Å²) in [6.45, 7) is 1.51. The standard InChI is InChI=1S/C20H23NO5/c22-21(23)18-14-16(11-13-25-20-8-4-5-12-24-20)9-10-19(18)26-15-17-6-2-1-3-7-17/h1-3,6-7,9-10,14,20H,4-5,8,11-13,15H2. The SMILES string of the molecule is O=[N+]([O-])c1cc(CCOC2CCCCO2)ccc1OCc1ccccc1. The summed E-state index contributed by atoms with van der Waals surface area (Å²) in [4.78, 5) is 11.0. The van der Waals surface area contributed by atoms with Gasteiger partial charge in [0.05, 0.1) is 11.5 Å². The van der Waals surface area contributed by atoms with Crippen LogP contribution in [0.2, 0.25) is 0 Å². The van der Waals surface area contributed by atoms with Crippen LogP contribution >= 0.6 is 0 Å². The van der Waals surface area contributed by atoms with Crippen LogP contribution in [0.1, 0.15) is 30.4 Å². The Balaban J connectivity index is 1.58. The molecule has 1 heterocycles. The number of nitrogens with zero attached hydrogens (tertiary/aromatic N) is 1. The second kappa shape index (κ2) is 9.31. The van der Waals surface area contributed by atoms with Gasteiger partial charge in [0.15, 0.2) is 12.0 Å². The smallest absolute Gasteiger partial charge is 0.311 e. The minimum absolute atomic E-state index is 0.0210. The quantitative estimate of drug-likeness (QED) is 0.521. The first kappa shape index (κ1) is 18.4. The zero-order valence-electron chi connectivity index (χ0n) is 14.6. The molecule has 0 spiro atoms. The molecule has 1 aliphatic heterocycles. The van der Waals surface area contributed by atoms with E-state index in [4.69, 9.17) is 14.2 Å². The van der Waals surface area contributed by atoms with Gasteiger partial charge < -0.3 is 14.2 Å². The molecule has 0 radical (unpaired) electrons. The van der Waals surface area contributed by atoms with Crippen molar-refractivity contribution in [3.63, 3.8) is 0 Å². The molecule has 1 fully saturated rings. The van der Waals surface area contributed by atoms with Crippen LogP contribution in [0.3, 0.4) is 0 Å². The van der Waals surface area contributed by atoms with E-state index in [2.05, 4.69) is 0 Å². The van der Waals surface area contributed by atoms with Gasteiger partial charge in [-0.2, -0.15) is 0 Å². The number of benzene rings is 2. The predicted molar refractivity (Wildman–Crippen MR) is 97.1 cm³/mol. The van der Waals surface area contributed by atoms with Crippen LogP contribution in [-0.4, -0.2) is 24.4 Å². The molecule has 3 rings (SSSR count). The Morgan fingerprint density at radius 1 is 1.12 bits per heavy atom. The van der Waals surface area contributed by atoms with Crippen molar-refractivity contribution < 1.29 is 19.1 Å². The van der Waals surface area contributed by atoms with E-state index in [0.717, 1.165) is 37.0 Å². The molecule has 2 aromatic rings. The first-order valence-electron chi connectivity index (χ1n) is 8.89. The summed E-state index contributed by atoms with van der Waals surface area (Å²) in [7, 11) is 0. The monoisotopic (exact) mass is 357 g/mol. The van der Waals surface area contributed by atoms with Crippen LogP contribution in [0.25, 0.3) is 0 Å². The molecule has 1 atom stereocenters. The molecule has 6 nitrogen and oxygen atoms in total. The van der Waals surface area contributed by atoms with Crippen LogP contribution in [-0.2, 0) is 22.5 Å². The average molecular weight is 357 g/mol. The van der Waals surface area contributed by atoms with E-state index in [0.29, 0.717) is 19.6 Å². The third kappa shape index (κ3) is 5.28. The summed E-state index contributed by atoms with van der Waals surface area (Å²) < 4.78 is 16.9. The highest BCUT2D eigenvalue weighted by molar-refractivity contribution is 5.48. The van der Waals surface area contributed by atoms with E-state index in [1.165, 1.54) is 0 Å². The number of hydrogen-bond donors (Lipinski definition) is 0. The number of nitro groups is 1. The molecule has 0 aromatic heterocycles. The lowest BCUT2D eigenvalue weighted by Gasteiger charge is -2.22. The zero-order valence-corrected chi connectivity index (χ0v) is 14.6. The van der Waals surface area contributed by atoms with Gasteiger partial charge in [-0.05, 0) is 42.9 Å². The van der Waals surface area contributed by atoms with Gasteiger partial charge in [-0.3, -0.25) is 10.1 Å². The maximum absolute atomic E-state index is 11.4. The van der Waals surface area contributed by atoms with Crippen molar-refractivity contribution in [1.29, 1.82) is 0 Å². The van der Waals surface area contributed by atoms with E-state index in [9.17, 15) is 10.1 Å². The lowest BCUT2D eigenvalue weighted by molar-refractivity contribution is -0.386. The fourth-order valence-electron chi connectivity index (χ4n) is 2.87. The highest BCUT2D eigenvalue weighted by Gasteiger charge is 2.17. The molecule has 138 valence electrons. The summed E-state index contributed by atoms with van der Waals surface area (Å²) in [5.41, 5.74) is 1.79. The van der Waals surface area contributed by atoms with Gasteiger partial charge in [0.2, 0.25) is 0 Å². The van der Waals surface area contributed by atoms with Crippen LogP contribution in [0.5, 0.6) is 5.75 Å². The van der Waals surface area contributed by atoms with Gasteiger partial charge in [0.1, 0.15) is 6.61 Å². The third-order valence-corrected chi connectivity index (χ3v) is 4.29. The largest absolute Gasteiger partial charge is 0.482 e. The molecule has 26 heavy (non-hydrogen) atoms. The number of hydrogen-bond acceptors (Lipinski definition) is 5. The Hall–Kier alpha value is -2.44. The van der Waals surface area contributed by atoms with Crippen LogP contribution in [0, 0.1) is 10.1 Å². The minimum atomic E-state index is -0.408. The molecule has 1 saturated heterocycles. The lowest BCUT2D eigenvalue weighted by atomic mass is 10.1. The summed E-state index contributed by atoms with van der Waals surface area (Å²) >= 11 is 0. The van der Waals surface area contributed by atoms with Crippen molar-refractivity contribution in [3.8, 4) is 5.75 Å². The van der Waals surface area contributed by atoms with Crippen LogP contribution in [0.15, 0.2) is 48.5 Å². The van der Waals surface area contributed by atoms with E-state index < -0.39 is 4.92 Å². The van der Waals surface area contributed by atoms with Gasteiger partial charge in [-0.1, -0.05) is 36.4 Å². The Bertz CT molecular complexity index is 713. The second-order valence-electron chi connectivity index (χ2n) is 6.25. The van der Waals surface area contributed by atoms with Gasteiger partial charge >= 0.3 is 5.69 Å². The third-order valence-electron chi connectivity index (χ3n) is 4.29. The average Bonchev–Trinajstić information content (AvgIpc) is 2.68. The molecule has 1 unspecified atom stereocenters. The fraction of sp³-hybridized carbons (Fsp3) is 0.400. The highest BCUT2D eigenvalue weighted by Crippen LogP contribution is 2.29. The molecule has 0 saturated carbocycles. The topological polar surface area (TPSA) is 70.8 Å². The van der Waals surface area contributed by atoms with Gasteiger partial charge in [0.25, 0.3) is 0 Å². The van der Waals surface area contributed by atoms with E-state index in [1.54, 1.807) is 12.1 Å². The van der Waals surface area contributed by atoms with Crippen LogP contribution < -0.4 is 4.74 Å². The fourth-order valence-corrected chi connectivity index (χ4v) is 2.87. The number of nitro benzene ring substituents is 1. The predicted octanol–water partition coefficient (Wildman–Crippen LogP) is 4.26. The first-order chi connectivity index (χ1) is 12.7. The van der Waals surface area contributed by atoms with Crippen molar-refractivity contribution in [2.24, 2.45) is 0 Å². The molecule has 0 aliphatic carbocycles. The van der Waals surface area contributed by atoms with E-state index in [-0.39, 0.29) is 17.7 Å². The van der Waals surface area contributed by atoms with Crippen molar-refractivity contribution >= 4 is 5.69 Å². The van der Waals surface area contributed by atoms with Crippen molar-refractivity contribution in [2.75, 3.05) is 13.2 Å². The van der Waals surface area contributed by atoms with Gasteiger partial charge in [-0.15, -0.1) is 0 Å². The molecular formula is C20H23NO5. The maximum Gasteiger partial charge on any atom is 0.311 e. The molecule has 2 aromatic carbocycles. The van der Waals surface area contributed by atoms with Crippen LogP contribution in [0.4, 0.5) is 5.69 Å². The molecular weight excluding hydrogens is 334 g/mol. The summed E-state index contributed by atoms with van der Waals surface area (Å²) in [5, 5.41) is 11.4. The van der Waals surface area contributed by atoms with Crippen molar-refractivity contribution in [1.82, 2.24) is 0 Å². The summed E-state index contributed by atoms with van der Waals surface area (Å²) in [6.07, 6.45) is 3.55. The Morgan fingerprint density at radius 3 is 2.69 bits per heavy atom. The van der Waals surface area contributed by atoms with Gasteiger partial charge in [0, 0.05) is 12.7 Å². The molecule has 0 N–H and O–H groups in total. The molecule has 0 amide bonds. The van der Waals surface area contributed by atoms with E-state index >= 15 is 0 Å². The Labute approximate surface area is 152 Å². The minimum Gasteiger partial charge on any atom is -0.482 e. The second-order valence-corrected chi connectivity index (χ2v) is 6.25. The van der Waals surface area contributed by atoms with Crippen molar-refractivity contribution in [2.45, 2.75) is 38.6 Å². The molecule has 0 bridgehead atoms. The Morgan fingerprint density at radius 2 is 1.96 bits per heavy atom. The summed E-state index contributed by atoms with van der Waals surface area (Å²) in [6, 6.07) is 14.6. The normalized spacial score (nSPS) is 17.0. The lowest BCUT2D eigenvalue weighted by Crippen LogP contribution is -2.23.